The summed E-state index contributed by atoms with van der Waals surface area (Å²) in [5.74, 6) is 0.491. The SMILES string of the molecule is CCC(C)N(CCC(=O)Nc1nnc(-c2ccc(OC)cc2)s1)C(=O)c1ccccc1. The fourth-order valence-electron chi connectivity index (χ4n) is 3.02. The van der Waals surface area contributed by atoms with E-state index in [4.69, 9.17) is 4.74 Å². The third-order valence-corrected chi connectivity index (χ3v) is 5.88. The molecule has 0 saturated heterocycles. The smallest absolute Gasteiger partial charge is 0.254 e. The number of nitrogens with zero attached hydrogens (tertiary/aromatic N) is 3. The number of aromatic nitrogens is 2. The first kappa shape index (κ1) is 22.4. The first-order valence-electron chi connectivity index (χ1n) is 10.2. The van der Waals surface area contributed by atoms with Crippen molar-refractivity contribution in [3.05, 3.63) is 60.2 Å². The highest BCUT2D eigenvalue weighted by Gasteiger charge is 2.21. The highest BCUT2D eigenvalue weighted by molar-refractivity contribution is 7.18. The van der Waals surface area contributed by atoms with Crippen molar-refractivity contribution in [2.45, 2.75) is 32.7 Å². The fraction of sp³-hybridized carbons (Fsp3) is 0.304. The van der Waals surface area contributed by atoms with E-state index in [9.17, 15) is 9.59 Å². The monoisotopic (exact) mass is 438 g/mol. The molecule has 3 aromatic rings. The lowest BCUT2D eigenvalue weighted by molar-refractivity contribution is -0.116. The molecule has 0 aliphatic rings. The molecule has 0 bridgehead atoms. The van der Waals surface area contributed by atoms with Gasteiger partial charge >= 0.3 is 0 Å². The Hall–Kier alpha value is -3.26. The van der Waals surface area contributed by atoms with Crippen LogP contribution in [0.25, 0.3) is 10.6 Å². The van der Waals surface area contributed by atoms with Crippen molar-refractivity contribution < 1.29 is 14.3 Å². The molecule has 0 aliphatic heterocycles. The molecule has 0 saturated carbocycles. The lowest BCUT2D eigenvalue weighted by atomic mass is 10.1. The summed E-state index contributed by atoms with van der Waals surface area (Å²) in [5, 5.41) is 12.1. The van der Waals surface area contributed by atoms with Gasteiger partial charge in [0.25, 0.3) is 5.91 Å². The zero-order valence-electron chi connectivity index (χ0n) is 17.9. The molecule has 0 fully saturated rings. The number of rotatable bonds is 9. The van der Waals surface area contributed by atoms with Gasteiger partial charge < -0.3 is 15.0 Å². The number of carbonyl (C=O) groups is 2. The molecular weight excluding hydrogens is 412 g/mol. The summed E-state index contributed by atoms with van der Waals surface area (Å²) in [6, 6.07) is 16.6. The summed E-state index contributed by atoms with van der Waals surface area (Å²) in [5.41, 5.74) is 1.52. The van der Waals surface area contributed by atoms with Gasteiger partial charge in [0.2, 0.25) is 11.0 Å². The number of methoxy groups -OCH3 is 1. The van der Waals surface area contributed by atoms with Crippen LogP contribution in [-0.2, 0) is 4.79 Å². The molecule has 7 nitrogen and oxygen atoms in total. The van der Waals surface area contributed by atoms with E-state index in [0.29, 0.717) is 22.2 Å². The highest BCUT2D eigenvalue weighted by Crippen LogP contribution is 2.27. The van der Waals surface area contributed by atoms with Crippen molar-refractivity contribution in [1.82, 2.24) is 15.1 Å². The number of hydrogen-bond donors (Lipinski definition) is 1. The Kier molecular flexibility index (Phi) is 7.72. The molecule has 162 valence electrons. The van der Waals surface area contributed by atoms with Crippen molar-refractivity contribution >= 4 is 28.3 Å². The van der Waals surface area contributed by atoms with E-state index >= 15 is 0 Å². The average Bonchev–Trinajstić information content (AvgIpc) is 3.27. The highest BCUT2D eigenvalue weighted by atomic mass is 32.1. The Morgan fingerprint density at radius 2 is 1.81 bits per heavy atom. The van der Waals surface area contributed by atoms with Gasteiger partial charge in [0.1, 0.15) is 10.8 Å². The molecule has 2 aromatic carbocycles. The molecule has 0 aliphatic carbocycles. The van der Waals surface area contributed by atoms with Gasteiger partial charge in [-0.05, 0) is 49.7 Å². The standard InChI is InChI=1S/C23H26N4O3S/c1-4-16(2)27(22(29)18-8-6-5-7-9-18)15-14-20(28)24-23-26-25-21(31-23)17-10-12-19(30-3)13-11-17/h5-13,16H,4,14-15H2,1-3H3,(H,24,26,28). The molecule has 2 amide bonds. The van der Waals surface area contributed by atoms with Crippen LogP contribution in [0.4, 0.5) is 5.13 Å². The maximum absolute atomic E-state index is 12.9. The first-order valence-corrected chi connectivity index (χ1v) is 11.0. The van der Waals surface area contributed by atoms with Crippen molar-refractivity contribution in [2.75, 3.05) is 19.0 Å². The Labute approximate surface area is 186 Å². The van der Waals surface area contributed by atoms with Crippen molar-refractivity contribution in [2.24, 2.45) is 0 Å². The third kappa shape index (κ3) is 5.88. The third-order valence-electron chi connectivity index (χ3n) is 4.99. The summed E-state index contributed by atoms with van der Waals surface area (Å²) < 4.78 is 5.16. The molecule has 8 heteroatoms. The Morgan fingerprint density at radius 1 is 1.10 bits per heavy atom. The number of carbonyl (C=O) groups excluding carboxylic acids is 2. The quantitative estimate of drug-likeness (QED) is 0.532. The van der Waals surface area contributed by atoms with Crippen LogP contribution >= 0.6 is 11.3 Å². The minimum absolute atomic E-state index is 0.0312. The summed E-state index contributed by atoms with van der Waals surface area (Å²) in [4.78, 5) is 27.1. The van der Waals surface area contributed by atoms with Gasteiger partial charge in [0.15, 0.2) is 0 Å². The molecule has 1 heterocycles. The van der Waals surface area contributed by atoms with Crippen LogP contribution in [0.2, 0.25) is 0 Å². The first-order chi connectivity index (χ1) is 15.0. The predicted octanol–water partition coefficient (Wildman–Crippen LogP) is 4.48. The minimum atomic E-state index is -0.202. The Bertz CT molecular complexity index is 1010. The zero-order valence-corrected chi connectivity index (χ0v) is 18.7. The van der Waals surface area contributed by atoms with Gasteiger partial charge in [0, 0.05) is 30.1 Å². The van der Waals surface area contributed by atoms with Crippen LogP contribution in [0.1, 0.15) is 37.0 Å². The van der Waals surface area contributed by atoms with Gasteiger partial charge in [-0.3, -0.25) is 9.59 Å². The second kappa shape index (κ2) is 10.7. The number of amides is 2. The maximum atomic E-state index is 12.9. The van der Waals surface area contributed by atoms with E-state index in [2.05, 4.69) is 15.5 Å². The summed E-state index contributed by atoms with van der Waals surface area (Å²) >= 11 is 1.30. The van der Waals surface area contributed by atoms with E-state index in [0.717, 1.165) is 17.7 Å². The van der Waals surface area contributed by atoms with E-state index in [1.165, 1.54) is 11.3 Å². The van der Waals surface area contributed by atoms with E-state index in [1.807, 2.05) is 56.3 Å². The van der Waals surface area contributed by atoms with Gasteiger partial charge in [-0.2, -0.15) is 0 Å². The second-order valence-corrected chi connectivity index (χ2v) is 8.04. The number of ether oxygens (including phenoxy) is 1. The lowest BCUT2D eigenvalue weighted by Gasteiger charge is -2.28. The lowest BCUT2D eigenvalue weighted by Crippen LogP contribution is -2.40. The number of benzene rings is 2. The largest absolute Gasteiger partial charge is 0.497 e. The normalized spacial score (nSPS) is 11.6. The van der Waals surface area contributed by atoms with Gasteiger partial charge in [-0.25, -0.2) is 0 Å². The van der Waals surface area contributed by atoms with Crippen LogP contribution in [0.15, 0.2) is 54.6 Å². The average molecular weight is 439 g/mol. The molecule has 1 unspecified atom stereocenters. The molecule has 0 spiro atoms. The van der Waals surface area contributed by atoms with Crippen LogP contribution in [-0.4, -0.2) is 46.6 Å². The second-order valence-electron chi connectivity index (χ2n) is 7.06. The molecule has 1 aromatic heterocycles. The van der Waals surface area contributed by atoms with Crippen molar-refractivity contribution in [3.63, 3.8) is 0 Å². The van der Waals surface area contributed by atoms with Crippen LogP contribution < -0.4 is 10.1 Å². The minimum Gasteiger partial charge on any atom is -0.497 e. The number of hydrogen-bond acceptors (Lipinski definition) is 6. The molecule has 3 rings (SSSR count). The number of nitrogens with one attached hydrogen (secondary N) is 1. The predicted molar refractivity (Wildman–Crippen MR) is 122 cm³/mol. The Morgan fingerprint density at radius 3 is 2.45 bits per heavy atom. The van der Waals surface area contributed by atoms with E-state index in [-0.39, 0.29) is 24.3 Å². The molecular formula is C23H26N4O3S. The molecule has 31 heavy (non-hydrogen) atoms. The molecule has 1 atom stereocenters. The van der Waals surface area contributed by atoms with E-state index < -0.39 is 0 Å². The van der Waals surface area contributed by atoms with Crippen LogP contribution in [0.5, 0.6) is 5.75 Å². The maximum Gasteiger partial charge on any atom is 0.254 e. The molecule has 0 radical (unpaired) electrons. The van der Waals surface area contributed by atoms with Gasteiger partial charge in [-0.15, -0.1) is 10.2 Å². The number of anilines is 1. The Balaban J connectivity index is 1.60. The van der Waals surface area contributed by atoms with E-state index in [1.54, 1.807) is 24.1 Å². The fourth-order valence-corrected chi connectivity index (χ4v) is 3.78. The summed E-state index contributed by atoms with van der Waals surface area (Å²) in [6.45, 7) is 4.35. The van der Waals surface area contributed by atoms with Gasteiger partial charge in [0.05, 0.1) is 7.11 Å². The van der Waals surface area contributed by atoms with Crippen molar-refractivity contribution in [3.8, 4) is 16.3 Å². The molecule has 1 N–H and O–H groups in total. The topological polar surface area (TPSA) is 84.4 Å². The van der Waals surface area contributed by atoms with Gasteiger partial charge in [-0.1, -0.05) is 36.5 Å². The van der Waals surface area contributed by atoms with Crippen molar-refractivity contribution in [1.29, 1.82) is 0 Å². The van der Waals surface area contributed by atoms with Crippen LogP contribution in [0, 0.1) is 0 Å². The summed E-state index contributed by atoms with van der Waals surface area (Å²) in [6.07, 6.45) is 0.988. The van der Waals surface area contributed by atoms with Crippen LogP contribution in [0.3, 0.4) is 0 Å². The summed E-state index contributed by atoms with van der Waals surface area (Å²) in [7, 11) is 1.61. The zero-order chi connectivity index (χ0) is 22.2.